The lowest BCUT2D eigenvalue weighted by molar-refractivity contribution is 0.175. The fourth-order valence-electron chi connectivity index (χ4n) is 1.58. The predicted octanol–water partition coefficient (Wildman–Crippen LogP) is 3.44. The van der Waals surface area contributed by atoms with Crippen LogP contribution in [0.1, 0.15) is 33.6 Å². The molecule has 1 unspecified atom stereocenters. The second kappa shape index (κ2) is 3.34. The first-order valence-electron chi connectivity index (χ1n) is 4.63. The van der Waals surface area contributed by atoms with Crippen LogP contribution in [0.4, 0.5) is 0 Å². The lowest BCUT2D eigenvalue weighted by Gasteiger charge is -2.33. The van der Waals surface area contributed by atoms with Crippen molar-refractivity contribution in [3.05, 3.63) is 24.0 Å². The van der Waals surface area contributed by atoms with Crippen molar-refractivity contribution in [3.63, 3.8) is 0 Å². The van der Waals surface area contributed by atoms with E-state index < -0.39 is 0 Å². The molecule has 0 aliphatic heterocycles. The first-order valence-corrected chi connectivity index (χ1v) is 4.63. The summed E-state index contributed by atoms with van der Waals surface area (Å²) in [6, 6.07) is 0. The summed E-state index contributed by atoms with van der Waals surface area (Å²) in [6.45, 7) is 6.59. The van der Waals surface area contributed by atoms with E-state index in [4.69, 9.17) is 0 Å². The quantitative estimate of drug-likeness (QED) is 0.666. The van der Waals surface area contributed by atoms with Gasteiger partial charge in [0.15, 0.2) is 0 Å². The number of aliphatic hydroxyl groups excluding tert-OH is 1. The van der Waals surface area contributed by atoms with Gasteiger partial charge in [-0.05, 0) is 17.9 Å². The maximum atomic E-state index is 9.65. The molecule has 0 saturated heterocycles. The molecule has 0 amide bonds. The minimum atomic E-state index is 0.214. The lowest BCUT2D eigenvalue weighted by atomic mass is 9.73. The maximum absolute atomic E-state index is 9.65. The van der Waals surface area contributed by atoms with Gasteiger partial charge in [-0.25, -0.2) is 0 Å². The van der Waals surface area contributed by atoms with E-state index in [1.807, 2.05) is 12.2 Å². The highest BCUT2D eigenvalue weighted by atomic mass is 16.3. The van der Waals surface area contributed by atoms with Crippen LogP contribution in [-0.2, 0) is 0 Å². The standard InChI is InChI=1S/C11H18O/c1-4-11(2,3)9-7-5-6-8-10(9)12/h5-6,8-9,12H,4,7H2,1-3H3. The molecule has 12 heavy (non-hydrogen) atoms. The molecule has 0 radical (unpaired) electrons. The summed E-state index contributed by atoms with van der Waals surface area (Å²) in [6.07, 6.45) is 7.94. The Morgan fingerprint density at radius 2 is 2.25 bits per heavy atom. The van der Waals surface area contributed by atoms with Crippen molar-refractivity contribution >= 4 is 0 Å². The topological polar surface area (TPSA) is 20.2 Å². The molecule has 0 aromatic rings. The molecule has 1 aliphatic rings. The average Bonchev–Trinajstić information content (AvgIpc) is 2.05. The molecule has 0 saturated carbocycles. The van der Waals surface area contributed by atoms with Crippen molar-refractivity contribution in [2.75, 3.05) is 0 Å². The maximum Gasteiger partial charge on any atom is 0.0961 e. The van der Waals surface area contributed by atoms with Crippen LogP contribution in [0.2, 0.25) is 0 Å². The highest BCUT2D eigenvalue weighted by Gasteiger charge is 2.30. The van der Waals surface area contributed by atoms with E-state index in [1.54, 1.807) is 0 Å². The van der Waals surface area contributed by atoms with Crippen LogP contribution in [-0.4, -0.2) is 5.11 Å². The SMILES string of the molecule is CCC(C)(C)C1CC=CC=C1O. The highest BCUT2D eigenvalue weighted by Crippen LogP contribution is 2.38. The molecule has 0 heterocycles. The number of allylic oxidation sites excluding steroid dienone is 4. The van der Waals surface area contributed by atoms with Gasteiger partial charge in [0.1, 0.15) is 0 Å². The normalized spacial score (nSPS) is 23.9. The van der Waals surface area contributed by atoms with Gasteiger partial charge in [0.05, 0.1) is 5.76 Å². The van der Waals surface area contributed by atoms with Gasteiger partial charge in [-0.2, -0.15) is 0 Å². The van der Waals surface area contributed by atoms with E-state index in [0.29, 0.717) is 11.7 Å². The van der Waals surface area contributed by atoms with Crippen LogP contribution >= 0.6 is 0 Å². The zero-order valence-electron chi connectivity index (χ0n) is 8.17. The van der Waals surface area contributed by atoms with Crippen LogP contribution < -0.4 is 0 Å². The van der Waals surface area contributed by atoms with Gasteiger partial charge < -0.3 is 5.11 Å². The summed E-state index contributed by atoms with van der Waals surface area (Å²) in [7, 11) is 0. The largest absolute Gasteiger partial charge is 0.512 e. The van der Waals surface area contributed by atoms with Gasteiger partial charge in [-0.15, -0.1) is 0 Å². The van der Waals surface area contributed by atoms with Gasteiger partial charge in [-0.1, -0.05) is 39.3 Å². The lowest BCUT2D eigenvalue weighted by Crippen LogP contribution is -2.25. The number of hydrogen-bond acceptors (Lipinski definition) is 1. The first kappa shape index (κ1) is 9.37. The average molecular weight is 166 g/mol. The molecular formula is C11H18O. The van der Waals surface area contributed by atoms with E-state index >= 15 is 0 Å². The van der Waals surface area contributed by atoms with Crippen LogP contribution in [0.5, 0.6) is 0 Å². The summed E-state index contributed by atoms with van der Waals surface area (Å²) < 4.78 is 0. The van der Waals surface area contributed by atoms with Crippen LogP contribution in [0.3, 0.4) is 0 Å². The van der Waals surface area contributed by atoms with Crippen molar-refractivity contribution < 1.29 is 5.11 Å². The Kier molecular flexibility index (Phi) is 2.61. The van der Waals surface area contributed by atoms with Crippen molar-refractivity contribution in [1.82, 2.24) is 0 Å². The van der Waals surface area contributed by atoms with E-state index in [-0.39, 0.29) is 5.41 Å². The molecule has 0 spiro atoms. The summed E-state index contributed by atoms with van der Waals surface area (Å²) in [4.78, 5) is 0. The Morgan fingerprint density at radius 3 is 2.75 bits per heavy atom. The van der Waals surface area contributed by atoms with Crippen molar-refractivity contribution in [2.24, 2.45) is 11.3 Å². The third-order valence-corrected chi connectivity index (χ3v) is 2.99. The molecule has 0 bridgehead atoms. The molecule has 1 nitrogen and oxygen atoms in total. The van der Waals surface area contributed by atoms with Crippen LogP contribution in [0.25, 0.3) is 0 Å². The highest BCUT2D eigenvalue weighted by molar-refractivity contribution is 5.17. The zero-order chi connectivity index (χ0) is 9.19. The monoisotopic (exact) mass is 166 g/mol. The molecule has 1 atom stereocenters. The van der Waals surface area contributed by atoms with E-state index in [1.165, 1.54) is 0 Å². The van der Waals surface area contributed by atoms with E-state index in [2.05, 4.69) is 26.8 Å². The van der Waals surface area contributed by atoms with Gasteiger partial charge in [0, 0.05) is 5.92 Å². The van der Waals surface area contributed by atoms with Gasteiger partial charge in [-0.3, -0.25) is 0 Å². The minimum Gasteiger partial charge on any atom is -0.512 e. The summed E-state index contributed by atoms with van der Waals surface area (Å²) in [5.41, 5.74) is 0.214. The number of aliphatic hydroxyl groups is 1. The van der Waals surface area contributed by atoms with Crippen molar-refractivity contribution in [3.8, 4) is 0 Å². The smallest absolute Gasteiger partial charge is 0.0961 e. The fraction of sp³-hybridized carbons (Fsp3) is 0.636. The van der Waals surface area contributed by atoms with Crippen LogP contribution in [0, 0.1) is 11.3 Å². The summed E-state index contributed by atoms with van der Waals surface area (Å²) in [5.74, 6) is 0.858. The second-order valence-corrected chi connectivity index (χ2v) is 4.15. The third-order valence-electron chi connectivity index (χ3n) is 2.99. The minimum absolute atomic E-state index is 0.214. The number of rotatable bonds is 2. The molecule has 0 fully saturated rings. The summed E-state index contributed by atoms with van der Waals surface area (Å²) in [5, 5.41) is 9.65. The van der Waals surface area contributed by atoms with Crippen LogP contribution in [0.15, 0.2) is 24.0 Å². The fourth-order valence-corrected chi connectivity index (χ4v) is 1.58. The van der Waals surface area contributed by atoms with Gasteiger partial charge >= 0.3 is 0 Å². The molecule has 1 N–H and O–H groups in total. The Balaban J connectivity index is 2.77. The van der Waals surface area contributed by atoms with E-state index in [9.17, 15) is 5.11 Å². The molecule has 0 aromatic carbocycles. The number of hydrogen-bond donors (Lipinski definition) is 1. The molecule has 1 rings (SSSR count). The van der Waals surface area contributed by atoms with Gasteiger partial charge in [0.25, 0.3) is 0 Å². The summed E-state index contributed by atoms with van der Waals surface area (Å²) >= 11 is 0. The van der Waals surface area contributed by atoms with Crippen molar-refractivity contribution in [2.45, 2.75) is 33.6 Å². The first-order chi connectivity index (χ1) is 5.58. The third kappa shape index (κ3) is 1.71. The molecule has 0 aromatic heterocycles. The predicted molar refractivity (Wildman–Crippen MR) is 52.0 cm³/mol. The Bertz CT molecular complexity index is 211. The van der Waals surface area contributed by atoms with Gasteiger partial charge in [0.2, 0.25) is 0 Å². The zero-order valence-corrected chi connectivity index (χ0v) is 8.17. The molecule has 1 heteroatoms. The molecular weight excluding hydrogens is 148 g/mol. The second-order valence-electron chi connectivity index (χ2n) is 4.15. The Hall–Kier alpha value is -0.720. The Morgan fingerprint density at radius 1 is 1.58 bits per heavy atom. The Labute approximate surface area is 74.8 Å². The van der Waals surface area contributed by atoms with E-state index in [0.717, 1.165) is 12.8 Å². The molecule has 1 aliphatic carbocycles. The molecule has 68 valence electrons. The van der Waals surface area contributed by atoms with Crippen molar-refractivity contribution in [1.29, 1.82) is 0 Å².